The number of likely N-dealkylation sites (N-methyl/N-ethyl adjacent to an activating group) is 1. The minimum Gasteiger partial charge on any atom is -0.368 e. The van der Waals surface area contributed by atoms with Crippen molar-refractivity contribution in [3.63, 3.8) is 0 Å². The van der Waals surface area contributed by atoms with Crippen molar-refractivity contribution in [2.45, 2.75) is 24.9 Å². The Bertz CT molecular complexity index is 1220. The van der Waals surface area contributed by atoms with Crippen molar-refractivity contribution in [2.75, 3.05) is 56.1 Å². The van der Waals surface area contributed by atoms with Gasteiger partial charge in [0.15, 0.2) is 0 Å². The Balaban J connectivity index is 1.23. The minimum absolute atomic E-state index is 0.0270. The summed E-state index contributed by atoms with van der Waals surface area (Å²) < 4.78 is 0. The van der Waals surface area contributed by atoms with Crippen LogP contribution in [0.4, 0.5) is 21.9 Å². The molecule has 3 amide bonds. The number of benzene rings is 3. The first kappa shape index (κ1) is 24.5. The molecule has 0 aromatic heterocycles. The van der Waals surface area contributed by atoms with Crippen LogP contribution in [0.1, 0.15) is 23.2 Å². The van der Waals surface area contributed by atoms with Gasteiger partial charge in [-0.05, 0) is 56.3 Å². The lowest BCUT2D eigenvalue weighted by molar-refractivity contribution is 0.0490. The Morgan fingerprint density at radius 3 is 1.82 bits per heavy atom. The summed E-state index contributed by atoms with van der Waals surface area (Å²) in [6, 6.07) is 27.7. The van der Waals surface area contributed by atoms with Gasteiger partial charge in [0, 0.05) is 45.0 Å². The largest absolute Gasteiger partial charge is 0.368 e. The minimum atomic E-state index is -0.0377. The van der Waals surface area contributed by atoms with Crippen LogP contribution in [-0.4, -0.2) is 85.0 Å². The molecule has 6 rings (SSSR count). The second kappa shape index (κ2) is 10.5. The van der Waals surface area contributed by atoms with E-state index in [0.717, 1.165) is 61.6 Å². The topological polar surface area (TPSA) is 50.3 Å². The molecule has 3 aliphatic heterocycles. The van der Waals surface area contributed by atoms with Crippen molar-refractivity contribution >= 4 is 29.0 Å². The average molecular weight is 510 g/mol. The zero-order valence-corrected chi connectivity index (χ0v) is 21.9. The molecule has 0 saturated carbocycles. The Morgan fingerprint density at radius 2 is 1.24 bits per heavy atom. The molecule has 3 aromatic carbocycles. The summed E-state index contributed by atoms with van der Waals surface area (Å²) in [7, 11) is 2.14. The van der Waals surface area contributed by atoms with Crippen LogP contribution in [0.3, 0.4) is 0 Å². The highest BCUT2D eigenvalue weighted by Crippen LogP contribution is 2.35. The molecule has 196 valence electrons. The maximum atomic E-state index is 14.0. The Labute approximate surface area is 224 Å². The van der Waals surface area contributed by atoms with E-state index in [0.29, 0.717) is 13.1 Å². The Hall–Kier alpha value is -3.84. The summed E-state index contributed by atoms with van der Waals surface area (Å²) in [5, 5.41) is 0. The van der Waals surface area contributed by atoms with E-state index in [-0.39, 0.29) is 24.0 Å². The van der Waals surface area contributed by atoms with E-state index in [4.69, 9.17) is 0 Å². The number of hydrogen-bond donors (Lipinski definition) is 0. The van der Waals surface area contributed by atoms with Crippen LogP contribution in [0.5, 0.6) is 0 Å². The van der Waals surface area contributed by atoms with E-state index in [2.05, 4.69) is 27.8 Å². The molecular weight excluding hydrogens is 474 g/mol. The molecule has 0 N–H and O–H groups in total. The van der Waals surface area contributed by atoms with E-state index in [1.54, 1.807) is 4.90 Å². The highest BCUT2D eigenvalue weighted by Gasteiger charge is 2.45. The number of piperazine rings is 2. The van der Waals surface area contributed by atoms with Gasteiger partial charge in [0.25, 0.3) is 5.91 Å². The third-order valence-electron chi connectivity index (χ3n) is 8.19. The fraction of sp³-hybridized carbons (Fsp3) is 0.355. The van der Waals surface area contributed by atoms with Crippen LogP contribution >= 0.6 is 0 Å². The maximum absolute atomic E-state index is 14.0. The van der Waals surface area contributed by atoms with E-state index >= 15 is 0 Å². The van der Waals surface area contributed by atoms with Gasteiger partial charge in [-0.25, -0.2) is 4.79 Å². The molecule has 7 heteroatoms. The zero-order chi connectivity index (χ0) is 26.1. The second-order valence-electron chi connectivity index (χ2n) is 10.6. The smallest absolute Gasteiger partial charge is 0.329 e. The fourth-order valence-electron chi connectivity index (χ4n) is 6.17. The molecule has 0 aliphatic carbocycles. The highest BCUT2D eigenvalue weighted by atomic mass is 16.2. The van der Waals surface area contributed by atoms with Crippen molar-refractivity contribution in [1.82, 2.24) is 14.7 Å². The van der Waals surface area contributed by atoms with Gasteiger partial charge in [0.1, 0.15) is 0 Å². The SMILES string of the molecule is CN1CCN(c2ccccc2C(=O)N2[C@@H]3CC[C@H]2CN(C(=O)N(c2ccccc2)c2ccccc2)C3)CC1. The number of fused-ring (bicyclic) bond motifs is 2. The first-order chi connectivity index (χ1) is 18.6. The van der Waals surface area contributed by atoms with Crippen LogP contribution in [0, 0.1) is 0 Å². The standard InChI is InChI=1S/C31H35N5O2/c1-32-18-20-33(21-19-32)29-15-9-8-14-28(29)30(37)35-26-16-17-27(35)23-34(22-26)31(38)36(24-10-4-2-5-11-24)25-12-6-3-7-13-25/h2-15,26-27H,16-23H2,1H3/t26-,27+. The van der Waals surface area contributed by atoms with E-state index < -0.39 is 0 Å². The summed E-state index contributed by atoms with van der Waals surface area (Å²) in [5.41, 5.74) is 3.50. The van der Waals surface area contributed by atoms with Gasteiger partial charge in [-0.1, -0.05) is 48.5 Å². The van der Waals surface area contributed by atoms with Gasteiger partial charge < -0.3 is 19.6 Å². The lowest BCUT2D eigenvalue weighted by Crippen LogP contribution is -2.59. The number of nitrogens with zero attached hydrogens (tertiary/aromatic N) is 5. The number of hydrogen-bond acceptors (Lipinski definition) is 4. The predicted octanol–water partition coefficient (Wildman–Crippen LogP) is 4.69. The molecule has 3 heterocycles. The van der Waals surface area contributed by atoms with E-state index in [1.165, 1.54) is 0 Å². The van der Waals surface area contributed by atoms with Gasteiger partial charge in [-0.2, -0.15) is 0 Å². The van der Waals surface area contributed by atoms with Gasteiger partial charge in [0.2, 0.25) is 0 Å². The second-order valence-corrected chi connectivity index (χ2v) is 10.6. The number of anilines is 3. The molecule has 0 unspecified atom stereocenters. The molecule has 0 spiro atoms. The molecule has 3 saturated heterocycles. The number of para-hydroxylation sites is 3. The zero-order valence-electron chi connectivity index (χ0n) is 21.9. The van der Waals surface area contributed by atoms with Gasteiger partial charge in [-0.3, -0.25) is 9.69 Å². The molecule has 3 fully saturated rings. The monoisotopic (exact) mass is 509 g/mol. The third kappa shape index (κ3) is 4.63. The van der Waals surface area contributed by atoms with Crippen LogP contribution < -0.4 is 9.80 Å². The number of amides is 3. The third-order valence-corrected chi connectivity index (χ3v) is 8.19. The summed E-state index contributed by atoms with van der Waals surface area (Å²) in [6.45, 7) is 4.93. The normalized spacial score (nSPS) is 21.4. The number of rotatable bonds is 4. The van der Waals surface area contributed by atoms with Gasteiger partial charge in [-0.15, -0.1) is 0 Å². The number of urea groups is 1. The van der Waals surface area contributed by atoms with E-state index in [9.17, 15) is 9.59 Å². The van der Waals surface area contributed by atoms with Crippen molar-refractivity contribution in [3.05, 3.63) is 90.5 Å². The van der Waals surface area contributed by atoms with Crippen LogP contribution in [0.25, 0.3) is 0 Å². The number of carbonyl (C=O) groups excluding carboxylic acids is 2. The Morgan fingerprint density at radius 1 is 0.711 bits per heavy atom. The van der Waals surface area contributed by atoms with Gasteiger partial charge in [0.05, 0.1) is 29.0 Å². The van der Waals surface area contributed by atoms with Crippen LogP contribution in [0.2, 0.25) is 0 Å². The molecular formula is C31H35N5O2. The van der Waals surface area contributed by atoms with Gasteiger partial charge >= 0.3 is 6.03 Å². The summed E-state index contributed by atoms with van der Waals surface area (Å²) in [4.78, 5) is 38.5. The molecule has 0 radical (unpaired) electrons. The van der Waals surface area contributed by atoms with Crippen molar-refractivity contribution in [2.24, 2.45) is 0 Å². The molecule has 7 nitrogen and oxygen atoms in total. The maximum Gasteiger partial charge on any atom is 0.329 e. The lowest BCUT2D eigenvalue weighted by atomic mass is 10.1. The molecule has 3 aromatic rings. The number of likely N-dealkylation sites (tertiary alicyclic amines) is 1. The highest BCUT2D eigenvalue weighted by molar-refractivity contribution is 6.02. The average Bonchev–Trinajstić information content (AvgIpc) is 3.23. The Kier molecular flexibility index (Phi) is 6.77. The van der Waals surface area contributed by atoms with Crippen LogP contribution in [0.15, 0.2) is 84.9 Å². The van der Waals surface area contributed by atoms with Crippen molar-refractivity contribution < 1.29 is 9.59 Å². The first-order valence-electron chi connectivity index (χ1n) is 13.6. The predicted molar refractivity (Wildman–Crippen MR) is 151 cm³/mol. The van der Waals surface area contributed by atoms with Crippen LogP contribution in [-0.2, 0) is 0 Å². The summed E-state index contributed by atoms with van der Waals surface area (Å²) in [5.74, 6) is 0.0992. The molecule has 3 aliphatic rings. The summed E-state index contributed by atoms with van der Waals surface area (Å²) in [6.07, 6.45) is 1.85. The molecule has 2 bridgehead atoms. The van der Waals surface area contributed by atoms with E-state index in [1.807, 2.05) is 83.8 Å². The fourth-order valence-corrected chi connectivity index (χ4v) is 6.17. The van der Waals surface area contributed by atoms with Crippen molar-refractivity contribution in [3.8, 4) is 0 Å². The van der Waals surface area contributed by atoms with Crippen molar-refractivity contribution in [1.29, 1.82) is 0 Å². The molecule has 38 heavy (non-hydrogen) atoms. The quantitative estimate of drug-likeness (QED) is 0.512. The summed E-state index contributed by atoms with van der Waals surface area (Å²) >= 11 is 0. The molecule has 2 atom stereocenters. The first-order valence-corrected chi connectivity index (χ1v) is 13.6. The number of carbonyl (C=O) groups is 2. The lowest BCUT2D eigenvalue weighted by Gasteiger charge is -2.43.